The highest BCUT2D eigenvalue weighted by Gasteiger charge is 2.21. The Kier molecular flexibility index (Phi) is 2.37. The third-order valence-electron chi connectivity index (χ3n) is 2.39. The van der Waals surface area contributed by atoms with Crippen molar-refractivity contribution in [1.29, 1.82) is 0 Å². The second-order valence-electron chi connectivity index (χ2n) is 3.38. The van der Waals surface area contributed by atoms with Crippen molar-refractivity contribution in [1.82, 2.24) is 0 Å². The first kappa shape index (κ1) is 9.40. The van der Waals surface area contributed by atoms with Gasteiger partial charge < -0.3 is 10.5 Å². The van der Waals surface area contributed by atoms with Gasteiger partial charge in [-0.2, -0.15) is 4.39 Å². The third-order valence-corrected chi connectivity index (χ3v) is 2.39. The van der Waals surface area contributed by atoms with Gasteiger partial charge in [0.15, 0.2) is 11.6 Å². The number of hydrogen-bond donors (Lipinski definition) is 1. The van der Waals surface area contributed by atoms with Gasteiger partial charge in [-0.15, -0.1) is 0 Å². The molecule has 0 bridgehead atoms. The summed E-state index contributed by atoms with van der Waals surface area (Å²) in [5.74, 6) is -1.84. The minimum atomic E-state index is -0.931. The molecule has 2 nitrogen and oxygen atoms in total. The molecule has 0 spiro atoms. The van der Waals surface area contributed by atoms with E-state index in [1.807, 2.05) is 0 Å². The van der Waals surface area contributed by atoms with Gasteiger partial charge in [-0.25, -0.2) is 4.39 Å². The van der Waals surface area contributed by atoms with Crippen LogP contribution < -0.4 is 10.5 Å². The van der Waals surface area contributed by atoms with E-state index in [2.05, 4.69) is 0 Å². The minimum Gasteiger partial charge on any atom is -0.490 e. The molecule has 1 heterocycles. The number of halogens is 2. The van der Waals surface area contributed by atoms with E-state index in [1.165, 1.54) is 6.07 Å². The fourth-order valence-corrected chi connectivity index (χ4v) is 1.62. The Morgan fingerprint density at radius 3 is 2.93 bits per heavy atom. The van der Waals surface area contributed by atoms with Crippen LogP contribution in [0.1, 0.15) is 24.4 Å². The van der Waals surface area contributed by atoms with Crippen LogP contribution in [0.4, 0.5) is 8.78 Å². The molecule has 1 aliphatic heterocycles. The maximum atomic E-state index is 13.3. The molecule has 0 fully saturated rings. The fourth-order valence-electron chi connectivity index (χ4n) is 1.62. The van der Waals surface area contributed by atoms with E-state index in [4.69, 9.17) is 10.5 Å². The molecule has 76 valence electrons. The molecular formula is C10H11F2NO. The Hall–Kier alpha value is -1.16. The zero-order valence-corrected chi connectivity index (χ0v) is 7.59. The van der Waals surface area contributed by atoms with Crippen molar-refractivity contribution in [3.05, 3.63) is 29.3 Å². The number of fused-ring (bicyclic) bond motifs is 1. The first-order valence-corrected chi connectivity index (χ1v) is 4.56. The Labute approximate surface area is 80.7 Å². The number of ether oxygens (including phenoxy) is 1. The van der Waals surface area contributed by atoms with Gasteiger partial charge in [-0.3, -0.25) is 0 Å². The average molecular weight is 199 g/mol. The van der Waals surface area contributed by atoms with Crippen LogP contribution in [-0.4, -0.2) is 6.61 Å². The lowest BCUT2D eigenvalue weighted by atomic mass is 10.0. The van der Waals surface area contributed by atoms with Crippen LogP contribution in [0.3, 0.4) is 0 Å². The average Bonchev–Trinajstić information content (AvgIpc) is 2.35. The summed E-state index contributed by atoms with van der Waals surface area (Å²) in [4.78, 5) is 0. The molecule has 1 aromatic carbocycles. The molecule has 0 aromatic heterocycles. The highest BCUT2D eigenvalue weighted by molar-refractivity contribution is 5.38. The zero-order valence-electron chi connectivity index (χ0n) is 7.59. The monoisotopic (exact) mass is 199 g/mol. The Bertz CT molecular complexity index is 354. The molecular weight excluding hydrogens is 188 g/mol. The molecule has 1 atom stereocenters. The second-order valence-corrected chi connectivity index (χ2v) is 3.38. The maximum Gasteiger partial charge on any atom is 0.200 e. The van der Waals surface area contributed by atoms with E-state index in [-0.39, 0.29) is 11.8 Å². The highest BCUT2D eigenvalue weighted by atomic mass is 19.2. The second kappa shape index (κ2) is 3.53. The summed E-state index contributed by atoms with van der Waals surface area (Å²) in [5, 5.41) is 0. The molecule has 1 aromatic rings. The van der Waals surface area contributed by atoms with Crippen LogP contribution in [0, 0.1) is 11.6 Å². The minimum absolute atomic E-state index is 0.0185. The van der Waals surface area contributed by atoms with E-state index in [1.54, 1.807) is 0 Å². The predicted molar refractivity (Wildman–Crippen MR) is 48.0 cm³/mol. The molecule has 2 rings (SSSR count). The Morgan fingerprint density at radius 2 is 2.14 bits per heavy atom. The van der Waals surface area contributed by atoms with E-state index < -0.39 is 11.6 Å². The maximum absolute atomic E-state index is 13.3. The number of nitrogens with two attached hydrogens (primary N) is 1. The third kappa shape index (κ3) is 1.46. The van der Waals surface area contributed by atoms with Crippen molar-refractivity contribution in [3.8, 4) is 5.75 Å². The van der Waals surface area contributed by atoms with Crippen molar-refractivity contribution < 1.29 is 13.5 Å². The summed E-state index contributed by atoms with van der Waals surface area (Å²) in [7, 11) is 0. The Balaban J connectivity index is 2.53. The van der Waals surface area contributed by atoms with Crippen LogP contribution in [0.5, 0.6) is 5.75 Å². The van der Waals surface area contributed by atoms with Crippen molar-refractivity contribution in [2.45, 2.75) is 18.9 Å². The van der Waals surface area contributed by atoms with E-state index in [0.717, 1.165) is 18.9 Å². The van der Waals surface area contributed by atoms with Crippen LogP contribution >= 0.6 is 0 Å². The van der Waals surface area contributed by atoms with Gasteiger partial charge in [0.05, 0.1) is 6.61 Å². The van der Waals surface area contributed by atoms with E-state index in [0.29, 0.717) is 12.2 Å². The van der Waals surface area contributed by atoms with Crippen molar-refractivity contribution >= 4 is 0 Å². The lowest BCUT2D eigenvalue weighted by Crippen LogP contribution is -2.09. The lowest BCUT2D eigenvalue weighted by Gasteiger charge is -2.12. The number of rotatable bonds is 0. The fraction of sp³-hybridized carbons (Fsp3) is 0.400. The molecule has 0 radical (unpaired) electrons. The highest BCUT2D eigenvalue weighted by Crippen LogP contribution is 2.33. The number of hydrogen-bond acceptors (Lipinski definition) is 2. The molecule has 4 heteroatoms. The summed E-state index contributed by atoms with van der Waals surface area (Å²) >= 11 is 0. The summed E-state index contributed by atoms with van der Waals surface area (Å²) in [6, 6.07) is 2.31. The van der Waals surface area contributed by atoms with Gasteiger partial charge in [0.2, 0.25) is 5.82 Å². The van der Waals surface area contributed by atoms with Crippen LogP contribution in [0.2, 0.25) is 0 Å². The van der Waals surface area contributed by atoms with Crippen LogP contribution in [0.15, 0.2) is 12.1 Å². The van der Waals surface area contributed by atoms with E-state index in [9.17, 15) is 8.78 Å². The standard InChI is InChI=1S/C10H11F2NO/c11-7-4-3-6-8(13)2-1-5-14-10(6)9(7)12/h3-4,8H,1-2,5,13H2/t8-/m1/s1. The molecule has 0 saturated carbocycles. The summed E-state index contributed by atoms with van der Waals surface area (Å²) in [6.45, 7) is 0.390. The van der Waals surface area contributed by atoms with Crippen molar-refractivity contribution in [2.75, 3.05) is 6.61 Å². The van der Waals surface area contributed by atoms with Gasteiger partial charge in [0.25, 0.3) is 0 Å². The predicted octanol–water partition coefficient (Wildman–Crippen LogP) is 2.14. The smallest absolute Gasteiger partial charge is 0.200 e. The number of benzene rings is 1. The van der Waals surface area contributed by atoms with Gasteiger partial charge in [-0.1, -0.05) is 6.07 Å². The lowest BCUT2D eigenvalue weighted by molar-refractivity contribution is 0.295. The zero-order chi connectivity index (χ0) is 10.1. The normalized spacial score (nSPS) is 20.9. The van der Waals surface area contributed by atoms with Gasteiger partial charge in [0, 0.05) is 11.6 Å². The molecule has 1 aliphatic rings. The van der Waals surface area contributed by atoms with Gasteiger partial charge in [-0.05, 0) is 18.9 Å². The molecule has 0 aliphatic carbocycles. The molecule has 0 amide bonds. The first-order chi connectivity index (χ1) is 6.70. The molecule has 0 saturated heterocycles. The molecule has 14 heavy (non-hydrogen) atoms. The topological polar surface area (TPSA) is 35.2 Å². The van der Waals surface area contributed by atoms with Gasteiger partial charge >= 0.3 is 0 Å². The molecule has 0 unspecified atom stereocenters. The largest absolute Gasteiger partial charge is 0.490 e. The van der Waals surface area contributed by atoms with Crippen LogP contribution in [0.25, 0.3) is 0 Å². The first-order valence-electron chi connectivity index (χ1n) is 4.56. The Morgan fingerprint density at radius 1 is 1.36 bits per heavy atom. The summed E-state index contributed by atoms with van der Waals surface area (Å²) in [5.41, 5.74) is 6.35. The van der Waals surface area contributed by atoms with E-state index >= 15 is 0 Å². The van der Waals surface area contributed by atoms with Crippen molar-refractivity contribution in [2.24, 2.45) is 5.73 Å². The molecule has 2 N–H and O–H groups in total. The summed E-state index contributed by atoms with van der Waals surface area (Å²) in [6.07, 6.45) is 1.50. The van der Waals surface area contributed by atoms with Gasteiger partial charge in [0.1, 0.15) is 0 Å². The summed E-state index contributed by atoms with van der Waals surface area (Å²) < 4.78 is 31.3. The quantitative estimate of drug-likeness (QED) is 0.694. The SMILES string of the molecule is N[C@@H]1CCCOc2c1ccc(F)c2F. The van der Waals surface area contributed by atoms with Crippen LogP contribution in [-0.2, 0) is 0 Å². The van der Waals surface area contributed by atoms with Crippen molar-refractivity contribution in [3.63, 3.8) is 0 Å².